The first-order valence-electron chi connectivity index (χ1n) is 10.2. The number of ether oxygens (including phenoxy) is 2. The Morgan fingerprint density at radius 1 is 1.11 bits per heavy atom. The first kappa shape index (κ1) is 20.2. The van der Waals surface area contributed by atoms with Gasteiger partial charge in [0, 0.05) is 25.6 Å². The maximum atomic E-state index is 5.93. The number of likely N-dealkylation sites (tertiary alicyclic amines) is 1. The summed E-state index contributed by atoms with van der Waals surface area (Å²) in [6.07, 6.45) is 1.14. The molecule has 0 spiro atoms. The van der Waals surface area contributed by atoms with Crippen molar-refractivity contribution < 1.29 is 9.47 Å². The lowest BCUT2D eigenvalue weighted by molar-refractivity contribution is 0.0906. The van der Waals surface area contributed by atoms with Gasteiger partial charge in [0.15, 0.2) is 5.96 Å². The van der Waals surface area contributed by atoms with Crippen LogP contribution in [0.2, 0.25) is 0 Å². The van der Waals surface area contributed by atoms with Crippen LogP contribution in [-0.2, 0) is 11.3 Å². The van der Waals surface area contributed by atoms with Crippen molar-refractivity contribution in [1.82, 2.24) is 10.2 Å². The molecule has 1 fully saturated rings. The Balaban J connectivity index is 1.41. The number of rotatable bonds is 9. The molecular weight excluding hydrogens is 350 g/mol. The molecule has 0 aromatic heterocycles. The number of nitrogens with one attached hydrogen (secondary N) is 1. The van der Waals surface area contributed by atoms with Crippen LogP contribution in [0.3, 0.4) is 0 Å². The maximum Gasteiger partial charge on any atom is 0.194 e. The largest absolute Gasteiger partial charge is 0.492 e. The summed E-state index contributed by atoms with van der Waals surface area (Å²) >= 11 is 0. The smallest absolute Gasteiger partial charge is 0.194 e. The van der Waals surface area contributed by atoms with E-state index in [0.29, 0.717) is 25.7 Å². The first-order chi connectivity index (χ1) is 13.8. The summed E-state index contributed by atoms with van der Waals surface area (Å²) in [5, 5.41) is 3.41. The average molecular weight is 382 g/mol. The Morgan fingerprint density at radius 2 is 1.86 bits per heavy atom. The van der Waals surface area contributed by atoms with Crippen LogP contribution in [0.4, 0.5) is 0 Å². The summed E-state index contributed by atoms with van der Waals surface area (Å²) in [7, 11) is 0. The first-order valence-corrected chi connectivity index (χ1v) is 10.2. The van der Waals surface area contributed by atoms with Gasteiger partial charge in [-0.25, -0.2) is 4.99 Å². The molecule has 1 aliphatic rings. The fourth-order valence-corrected chi connectivity index (χ4v) is 3.34. The average Bonchev–Trinajstić information content (AvgIpc) is 3.21. The van der Waals surface area contributed by atoms with Crippen molar-refractivity contribution in [3.05, 3.63) is 66.2 Å². The summed E-state index contributed by atoms with van der Waals surface area (Å²) in [6.45, 7) is 7.67. The van der Waals surface area contributed by atoms with Gasteiger partial charge in [-0.15, -0.1) is 0 Å². The predicted octanol–water partition coefficient (Wildman–Crippen LogP) is 3.57. The second-order valence-electron chi connectivity index (χ2n) is 7.00. The molecule has 1 N–H and O–H groups in total. The maximum absolute atomic E-state index is 5.93. The second-order valence-corrected chi connectivity index (χ2v) is 7.00. The molecule has 3 rings (SSSR count). The number of guanidine groups is 1. The predicted molar refractivity (Wildman–Crippen MR) is 114 cm³/mol. The molecule has 2 aromatic rings. The van der Waals surface area contributed by atoms with Crippen LogP contribution in [0.25, 0.3) is 0 Å². The lowest BCUT2D eigenvalue weighted by Gasteiger charge is -2.21. The standard InChI is InChI=1S/C23H31N3O2/c1-2-24-23(25-14-16-28-22-11-7-4-8-12-22)26-15-13-21(17-26)19-27-18-20-9-5-3-6-10-20/h3-12,21H,2,13-19H2,1H3,(H,24,25). The van der Waals surface area contributed by atoms with E-state index in [4.69, 9.17) is 14.5 Å². The van der Waals surface area contributed by atoms with Crippen molar-refractivity contribution in [2.45, 2.75) is 20.0 Å². The molecule has 0 bridgehead atoms. The van der Waals surface area contributed by atoms with E-state index < -0.39 is 0 Å². The van der Waals surface area contributed by atoms with E-state index >= 15 is 0 Å². The monoisotopic (exact) mass is 381 g/mol. The molecule has 2 aromatic carbocycles. The SMILES string of the molecule is CCNC(=NCCOc1ccccc1)N1CCC(COCc2ccccc2)C1. The number of benzene rings is 2. The molecule has 28 heavy (non-hydrogen) atoms. The van der Waals surface area contributed by atoms with E-state index in [2.05, 4.69) is 41.4 Å². The zero-order valence-corrected chi connectivity index (χ0v) is 16.7. The third kappa shape index (κ3) is 6.57. The quantitative estimate of drug-likeness (QED) is 0.410. The van der Waals surface area contributed by atoms with Gasteiger partial charge in [0.05, 0.1) is 19.8 Å². The number of hydrogen-bond donors (Lipinski definition) is 1. The van der Waals surface area contributed by atoms with Crippen LogP contribution in [0.1, 0.15) is 18.9 Å². The molecule has 1 heterocycles. The molecule has 1 saturated heterocycles. The van der Waals surface area contributed by atoms with Crippen molar-refractivity contribution in [2.24, 2.45) is 10.9 Å². The minimum atomic E-state index is 0.549. The Labute approximate surface area is 168 Å². The number of para-hydroxylation sites is 1. The highest BCUT2D eigenvalue weighted by Crippen LogP contribution is 2.17. The fraction of sp³-hybridized carbons (Fsp3) is 0.435. The van der Waals surface area contributed by atoms with Gasteiger partial charge >= 0.3 is 0 Å². The van der Waals surface area contributed by atoms with Crippen molar-refractivity contribution in [3.63, 3.8) is 0 Å². The molecule has 1 unspecified atom stereocenters. The topological polar surface area (TPSA) is 46.1 Å². The molecule has 5 heteroatoms. The van der Waals surface area contributed by atoms with Crippen LogP contribution in [0, 0.1) is 5.92 Å². The van der Waals surface area contributed by atoms with Gasteiger partial charge in [-0.1, -0.05) is 48.5 Å². The van der Waals surface area contributed by atoms with Gasteiger partial charge in [0.1, 0.15) is 12.4 Å². The van der Waals surface area contributed by atoms with E-state index in [1.807, 2.05) is 36.4 Å². The van der Waals surface area contributed by atoms with Gasteiger partial charge < -0.3 is 19.7 Å². The van der Waals surface area contributed by atoms with Crippen molar-refractivity contribution >= 4 is 5.96 Å². The minimum Gasteiger partial charge on any atom is -0.492 e. The van der Waals surface area contributed by atoms with Crippen LogP contribution >= 0.6 is 0 Å². The Kier molecular flexibility index (Phi) is 8.19. The molecule has 5 nitrogen and oxygen atoms in total. The number of hydrogen-bond acceptors (Lipinski definition) is 3. The van der Waals surface area contributed by atoms with Crippen molar-refractivity contribution in [2.75, 3.05) is 39.4 Å². The molecular formula is C23H31N3O2. The second kappa shape index (κ2) is 11.3. The number of aliphatic imine (C=N–C) groups is 1. The van der Waals surface area contributed by atoms with Gasteiger partial charge in [0.2, 0.25) is 0 Å². The third-order valence-electron chi connectivity index (χ3n) is 4.75. The number of nitrogens with zero attached hydrogens (tertiary/aromatic N) is 2. The molecule has 150 valence electrons. The molecule has 0 radical (unpaired) electrons. The van der Waals surface area contributed by atoms with Crippen molar-refractivity contribution in [3.8, 4) is 5.75 Å². The van der Waals surface area contributed by atoms with E-state index in [-0.39, 0.29) is 0 Å². The Morgan fingerprint density at radius 3 is 2.61 bits per heavy atom. The van der Waals surface area contributed by atoms with E-state index in [1.165, 1.54) is 5.56 Å². The molecule has 1 aliphatic heterocycles. The molecule has 1 atom stereocenters. The Hall–Kier alpha value is -2.53. The summed E-state index contributed by atoms with van der Waals surface area (Å²) in [4.78, 5) is 7.07. The van der Waals surface area contributed by atoms with Gasteiger partial charge in [-0.05, 0) is 31.0 Å². The summed E-state index contributed by atoms with van der Waals surface area (Å²) in [6, 6.07) is 20.2. The summed E-state index contributed by atoms with van der Waals surface area (Å²) < 4.78 is 11.7. The lowest BCUT2D eigenvalue weighted by Crippen LogP contribution is -2.40. The summed E-state index contributed by atoms with van der Waals surface area (Å²) in [5.41, 5.74) is 1.23. The fourth-order valence-electron chi connectivity index (χ4n) is 3.34. The van der Waals surface area contributed by atoms with Gasteiger partial charge in [-0.3, -0.25) is 0 Å². The van der Waals surface area contributed by atoms with E-state index in [9.17, 15) is 0 Å². The molecule has 0 amide bonds. The highest BCUT2D eigenvalue weighted by atomic mass is 16.5. The zero-order chi connectivity index (χ0) is 19.4. The highest BCUT2D eigenvalue weighted by molar-refractivity contribution is 5.80. The molecule has 0 saturated carbocycles. The molecule has 0 aliphatic carbocycles. The Bertz CT molecular complexity index is 706. The van der Waals surface area contributed by atoms with Crippen LogP contribution < -0.4 is 10.1 Å². The van der Waals surface area contributed by atoms with Crippen molar-refractivity contribution in [1.29, 1.82) is 0 Å². The van der Waals surface area contributed by atoms with E-state index in [1.54, 1.807) is 0 Å². The normalized spacial score (nSPS) is 17.0. The zero-order valence-electron chi connectivity index (χ0n) is 16.7. The lowest BCUT2D eigenvalue weighted by atomic mass is 10.1. The minimum absolute atomic E-state index is 0.549. The highest BCUT2D eigenvalue weighted by Gasteiger charge is 2.24. The summed E-state index contributed by atoms with van der Waals surface area (Å²) in [5.74, 6) is 2.41. The van der Waals surface area contributed by atoms with Gasteiger partial charge in [-0.2, -0.15) is 0 Å². The third-order valence-corrected chi connectivity index (χ3v) is 4.75. The van der Waals surface area contributed by atoms with Crippen LogP contribution in [0.5, 0.6) is 5.75 Å². The van der Waals surface area contributed by atoms with Crippen LogP contribution in [-0.4, -0.2) is 50.3 Å². The van der Waals surface area contributed by atoms with E-state index in [0.717, 1.165) is 44.4 Å². The van der Waals surface area contributed by atoms with Crippen LogP contribution in [0.15, 0.2) is 65.7 Å². The van der Waals surface area contributed by atoms with Gasteiger partial charge in [0.25, 0.3) is 0 Å².